The van der Waals surface area contributed by atoms with Crippen molar-refractivity contribution in [1.29, 1.82) is 0 Å². The Balaban J connectivity index is 2.18. The lowest BCUT2D eigenvalue weighted by Gasteiger charge is -2.04. The second-order valence-electron chi connectivity index (χ2n) is 3.51. The van der Waals surface area contributed by atoms with Crippen molar-refractivity contribution >= 4 is 33.7 Å². The number of hydrogen-bond donors (Lipinski definition) is 1. The second-order valence-corrected chi connectivity index (χ2v) is 5.29. The lowest BCUT2D eigenvalue weighted by molar-refractivity contribution is 0.102. The van der Waals surface area contributed by atoms with Crippen LogP contribution in [0.1, 0.15) is 35.1 Å². The third-order valence-electron chi connectivity index (χ3n) is 1.99. The summed E-state index contributed by atoms with van der Waals surface area (Å²) in [6.45, 7) is 4.10. The number of anilines is 1. The lowest BCUT2D eigenvalue weighted by atomic mass is 10.1. The number of hydrogen-bond acceptors (Lipinski definition) is 5. The van der Waals surface area contributed by atoms with Gasteiger partial charge in [-0.1, -0.05) is 13.8 Å². The minimum Gasteiger partial charge on any atom is -0.296 e. The van der Waals surface area contributed by atoms with Gasteiger partial charge in [0.2, 0.25) is 0 Å². The third-order valence-corrected chi connectivity index (χ3v) is 3.81. The average Bonchev–Trinajstić information content (AvgIpc) is 2.86. The Kier molecular flexibility index (Phi) is 3.31. The van der Waals surface area contributed by atoms with Crippen molar-refractivity contribution in [2.75, 3.05) is 5.32 Å². The summed E-state index contributed by atoms with van der Waals surface area (Å²) in [7, 11) is 0. The van der Waals surface area contributed by atoms with Gasteiger partial charge in [0.15, 0.2) is 5.13 Å². The summed E-state index contributed by atoms with van der Waals surface area (Å²) >= 11 is 2.90. The zero-order valence-electron chi connectivity index (χ0n) is 8.93. The molecule has 2 rings (SSSR count). The predicted molar refractivity (Wildman–Crippen MR) is 66.3 cm³/mol. The van der Waals surface area contributed by atoms with Crippen LogP contribution in [0.15, 0.2) is 17.1 Å². The zero-order valence-corrected chi connectivity index (χ0v) is 10.6. The van der Waals surface area contributed by atoms with Crippen LogP contribution < -0.4 is 5.32 Å². The maximum Gasteiger partial charge on any atom is 0.277 e. The van der Waals surface area contributed by atoms with Gasteiger partial charge in [0, 0.05) is 16.5 Å². The summed E-state index contributed by atoms with van der Waals surface area (Å²) in [5.74, 6) is 0.129. The fourth-order valence-electron chi connectivity index (χ4n) is 1.28. The molecule has 6 heteroatoms. The van der Waals surface area contributed by atoms with Crippen LogP contribution in [0.2, 0.25) is 0 Å². The molecular weight excluding hydrogens is 242 g/mol. The van der Waals surface area contributed by atoms with Gasteiger partial charge >= 0.3 is 0 Å². The molecule has 2 aromatic heterocycles. The normalized spacial score (nSPS) is 10.7. The van der Waals surface area contributed by atoms with Crippen molar-refractivity contribution in [3.05, 3.63) is 27.7 Å². The highest BCUT2D eigenvalue weighted by molar-refractivity contribution is 7.13. The minimum absolute atomic E-state index is 0.181. The number of aromatic nitrogens is 2. The molecule has 0 aliphatic carbocycles. The van der Waals surface area contributed by atoms with Crippen molar-refractivity contribution < 1.29 is 4.79 Å². The largest absolute Gasteiger partial charge is 0.296 e. The summed E-state index contributed by atoms with van der Waals surface area (Å²) in [4.78, 5) is 21.0. The number of nitrogens with zero attached hydrogens (tertiary/aromatic N) is 2. The first-order chi connectivity index (χ1) is 7.68. The fourth-order valence-corrected chi connectivity index (χ4v) is 2.60. The number of amides is 1. The molecule has 16 heavy (non-hydrogen) atoms. The van der Waals surface area contributed by atoms with Crippen molar-refractivity contribution in [2.45, 2.75) is 19.8 Å². The van der Waals surface area contributed by atoms with E-state index in [1.54, 1.807) is 11.7 Å². The van der Waals surface area contributed by atoms with Crippen molar-refractivity contribution in [3.8, 4) is 0 Å². The van der Waals surface area contributed by atoms with Crippen LogP contribution in [-0.4, -0.2) is 15.9 Å². The van der Waals surface area contributed by atoms with Gasteiger partial charge in [0.05, 0.1) is 5.51 Å². The molecule has 0 aliphatic heterocycles. The van der Waals surface area contributed by atoms with Gasteiger partial charge in [0.25, 0.3) is 5.91 Å². The van der Waals surface area contributed by atoms with Crippen LogP contribution in [0.5, 0.6) is 0 Å². The molecule has 0 saturated carbocycles. The molecule has 0 saturated heterocycles. The number of carbonyl (C=O) groups is 1. The molecule has 0 fully saturated rings. The van der Waals surface area contributed by atoms with Crippen molar-refractivity contribution in [1.82, 2.24) is 9.97 Å². The maximum atomic E-state index is 11.9. The van der Waals surface area contributed by atoms with Crippen molar-refractivity contribution in [2.24, 2.45) is 0 Å². The second kappa shape index (κ2) is 4.71. The van der Waals surface area contributed by atoms with Crippen LogP contribution in [0.25, 0.3) is 0 Å². The number of carbonyl (C=O) groups excluding carboxylic acids is 1. The molecule has 0 radical (unpaired) electrons. The summed E-state index contributed by atoms with van der Waals surface area (Å²) in [5, 5.41) is 5.16. The van der Waals surface area contributed by atoms with E-state index in [-0.39, 0.29) is 5.91 Å². The van der Waals surface area contributed by atoms with Gasteiger partial charge in [-0.05, 0) is 5.92 Å². The number of nitrogens with one attached hydrogen (secondary N) is 1. The molecule has 0 aromatic carbocycles. The Morgan fingerprint density at radius 3 is 2.81 bits per heavy atom. The Labute approximate surface area is 101 Å². The molecule has 1 amide bonds. The topological polar surface area (TPSA) is 54.9 Å². The van der Waals surface area contributed by atoms with Gasteiger partial charge in [-0.3, -0.25) is 10.1 Å². The van der Waals surface area contributed by atoms with E-state index in [2.05, 4.69) is 15.3 Å². The predicted octanol–water partition coefficient (Wildman–Crippen LogP) is 2.98. The summed E-state index contributed by atoms with van der Waals surface area (Å²) in [5.41, 5.74) is 2.21. The first kappa shape index (κ1) is 11.2. The number of thiazole rings is 2. The van der Waals surface area contributed by atoms with E-state index < -0.39 is 0 Å². The van der Waals surface area contributed by atoms with E-state index in [0.29, 0.717) is 16.7 Å². The Hall–Kier alpha value is -1.27. The van der Waals surface area contributed by atoms with Crippen LogP contribution in [-0.2, 0) is 0 Å². The molecule has 84 valence electrons. The molecule has 0 unspecified atom stereocenters. The quantitative estimate of drug-likeness (QED) is 0.915. The molecule has 0 spiro atoms. The van der Waals surface area contributed by atoms with E-state index in [9.17, 15) is 4.79 Å². The van der Waals surface area contributed by atoms with Crippen LogP contribution in [0, 0.1) is 0 Å². The van der Waals surface area contributed by atoms with E-state index in [1.165, 1.54) is 22.7 Å². The summed E-state index contributed by atoms with van der Waals surface area (Å²) in [6, 6.07) is 0. The highest BCUT2D eigenvalue weighted by Gasteiger charge is 2.17. The Morgan fingerprint density at radius 2 is 2.19 bits per heavy atom. The molecule has 2 aromatic rings. The fraction of sp³-hybridized carbons (Fsp3) is 0.300. The maximum absolute atomic E-state index is 11.9. The monoisotopic (exact) mass is 253 g/mol. The first-order valence-corrected chi connectivity index (χ1v) is 6.58. The standard InChI is InChI=1S/C10H11N3OS2/c1-6(2)8-7(12-5-16-8)9(14)13-10-11-3-4-15-10/h3-6H,1-2H3,(H,11,13,14). The molecule has 0 bridgehead atoms. The Morgan fingerprint density at radius 1 is 1.38 bits per heavy atom. The van der Waals surface area contributed by atoms with Crippen LogP contribution >= 0.6 is 22.7 Å². The summed E-state index contributed by atoms with van der Waals surface area (Å²) in [6.07, 6.45) is 1.66. The molecule has 1 N–H and O–H groups in total. The van der Waals surface area contributed by atoms with Crippen LogP contribution in [0.3, 0.4) is 0 Å². The third kappa shape index (κ3) is 2.28. The van der Waals surface area contributed by atoms with Gasteiger partial charge < -0.3 is 0 Å². The minimum atomic E-state index is -0.181. The smallest absolute Gasteiger partial charge is 0.277 e. The van der Waals surface area contributed by atoms with Crippen molar-refractivity contribution in [3.63, 3.8) is 0 Å². The van der Waals surface area contributed by atoms with E-state index in [1.807, 2.05) is 19.2 Å². The molecule has 2 heterocycles. The van der Waals surface area contributed by atoms with Gasteiger partial charge in [0.1, 0.15) is 5.69 Å². The van der Waals surface area contributed by atoms with Crippen LogP contribution in [0.4, 0.5) is 5.13 Å². The first-order valence-electron chi connectivity index (χ1n) is 4.82. The van der Waals surface area contributed by atoms with Gasteiger partial charge in [-0.25, -0.2) is 9.97 Å². The number of rotatable bonds is 3. The SMILES string of the molecule is CC(C)c1scnc1C(=O)Nc1nccs1. The van der Waals surface area contributed by atoms with E-state index in [4.69, 9.17) is 0 Å². The van der Waals surface area contributed by atoms with E-state index >= 15 is 0 Å². The molecular formula is C10H11N3OS2. The zero-order chi connectivity index (χ0) is 11.5. The molecule has 0 aliphatic rings. The average molecular weight is 253 g/mol. The molecule has 0 atom stereocenters. The lowest BCUT2D eigenvalue weighted by Crippen LogP contribution is -2.14. The summed E-state index contributed by atoms with van der Waals surface area (Å²) < 4.78 is 0. The van der Waals surface area contributed by atoms with E-state index in [0.717, 1.165) is 4.88 Å². The van der Waals surface area contributed by atoms with Gasteiger partial charge in [-0.15, -0.1) is 22.7 Å². The molecule has 4 nitrogen and oxygen atoms in total. The highest BCUT2D eigenvalue weighted by Crippen LogP contribution is 2.24. The Bertz CT molecular complexity index is 476. The van der Waals surface area contributed by atoms with Gasteiger partial charge in [-0.2, -0.15) is 0 Å². The highest BCUT2D eigenvalue weighted by atomic mass is 32.1.